The molecule has 1 aliphatic rings. The van der Waals surface area contributed by atoms with Gasteiger partial charge in [-0.15, -0.1) is 0 Å². The van der Waals surface area contributed by atoms with Crippen molar-refractivity contribution in [2.75, 3.05) is 26.4 Å². The topological polar surface area (TPSA) is 65.0 Å². The highest BCUT2D eigenvalue weighted by atomic mass is 16.6. The number of hydrogen-bond donors (Lipinski definition) is 1. The molecule has 1 N–H and O–H groups in total. The van der Waals surface area contributed by atoms with E-state index in [0.29, 0.717) is 19.6 Å². The third kappa shape index (κ3) is 3.70. The molecule has 5 heteroatoms. The van der Waals surface area contributed by atoms with Crippen LogP contribution in [0.15, 0.2) is 6.08 Å². The van der Waals surface area contributed by atoms with Gasteiger partial charge in [-0.3, -0.25) is 0 Å². The lowest BCUT2D eigenvalue weighted by Gasteiger charge is -2.21. The number of carbonyl (C=O) groups excluding carboxylic acids is 1. The van der Waals surface area contributed by atoms with Crippen LogP contribution < -0.4 is 0 Å². The lowest BCUT2D eigenvalue weighted by molar-refractivity contribution is -0.0532. The minimum absolute atomic E-state index is 0.0485. The van der Waals surface area contributed by atoms with Crippen molar-refractivity contribution in [2.24, 2.45) is 0 Å². The zero-order chi connectivity index (χ0) is 11.8. The largest absolute Gasteiger partial charge is 0.396 e. The number of hydrogen-bond acceptors (Lipinski definition) is 5. The van der Waals surface area contributed by atoms with Crippen molar-refractivity contribution in [3.63, 3.8) is 0 Å². The Balaban J connectivity index is 2.49. The first-order chi connectivity index (χ1) is 7.83. The van der Waals surface area contributed by atoms with Crippen LogP contribution in [0.25, 0.3) is 0 Å². The van der Waals surface area contributed by atoms with Crippen molar-refractivity contribution >= 4 is 5.94 Å². The summed E-state index contributed by atoms with van der Waals surface area (Å²) < 4.78 is 16.5. The van der Waals surface area contributed by atoms with E-state index in [1.165, 1.54) is 6.08 Å². The van der Waals surface area contributed by atoms with Crippen LogP contribution >= 0.6 is 0 Å². The van der Waals surface area contributed by atoms with E-state index in [0.717, 1.165) is 0 Å². The van der Waals surface area contributed by atoms with Gasteiger partial charge in [0.2, 0.25) is 0 Å². The number of aliphatic hydroxyl groups excluding tert-OH is 1. The molecule has 1 aliphatic heterocycles. The SMILES string of the molecule is CCOC1COC(CCO)C1OCC=C=O. The summed E-state index contributed by atoms with van der Waals surface area (Å²) in [4.78, 5) is 10.0. The Morgan fingerprint density at radius 2 is 2.38 bits per heavy atom. The molecule has 0 saturated carbocycles. The van der Waals surface area contributed by atoms with Crippen molar-refractivity contribution in [1.29, 1.82) is 0 Å². The Labute approximate surface area is 95.0 Å². The van der Waals surface area contributed by atoms with Gasteiger partial charge in [-0.25, -0.2) is 4.79 Å². The highest BCUT2D eigenvalue weighted by Crippen LogP contribution is 2.22. The van der Waals surface area contributed by atoms with E-state index < -0.39 is 0 Å². The molecule has 16 heavy (non-hydrogen) atoms. The number of aliphatic hydroxyl groups is 1. The van der Waals surface area contributed by atoms with E-state index in [2.05, 4.69) is 0 Å². The van der Waals surface area contributed by atoms with Gasteiger partial charge in [0, 0.05) is 19.3 Å². The van der Waals surface area contributed by atoms with Crippen molar-refractivity contribution < 1.29 is 24.1 Å². The molecule has 1 heterocycles. The highest BCUT2D eigenvalue weighted by molar-refractivity contribution is 5.44. The molecule has 0 aliphatic carbocycles. The third-order valence-electron chi connectivity index (χ3n) is 2.46. The van der Waals surface area contributed by atoms with Gasteiger partial charge in [-0.2, -0.15) is 0 Å². The Bertz CT molecular complexity index is 223. The lowest BCUT2D eigenvalue weighted by Crippen LogP contribution is -2.35. The lowest BCUT2D eigenvalue weighted by atomic mass is 10.1. The minimum Gasteiger partial charge on any atom is -0.396 e. The molecule has 0 radical (unpaired) electrons. The number of ether oxygens (including phenoxy) is 3. The predicted octanol–water partition coefficient (Wildman–Crippen LogP) is -0.0543. The second-order valence-corrected chi connectivity index (χ2v) is 3.50. The van der Waals surface area contributed by atoms with Crippen LogP contribution in [0.5, 0.6) is 0 Å². The van der Waals surface area contributed by atoms with E-state index in [9.17, 15) is 4.79 Å². The van der Waals surface area contributed by atoms with E-state index in [1.54, 1.807) is 5.94 Å². The van der Waals surface area contributed by atoms with Crippen LogP contribution in [-0.4, -0.2) is 55.8 Å². The average molecular weight is 230 g/mol. The van der Waals surface area contributed by atoms with Crippen LogP contribution in [0.1, 0.15) is 13.3 Å². The van der Waals surface area contributed by atoms with Gasteiger partial charge >= 0.3 is 0 Å². The molecule has 0 aromatic rings. The molecule has 0 spiro atoms. The molecule has 3 atom stereocenters. The second kappa shape index (κ2) is 7.54. The third-order valence-corrected chi connectivity index (χ3v) is 2.46. The molecule has 0 aromatic heterocycles. The molecule has 0 bridgehead atoms. The fraction of sp³-hybridized carbons (Fsp3) is 0.818. The molecule has 0 aromatic carbocycles. The summed E-state index contributed by atoms with van der Waals surface area (Å²) in [6.07, 6.45) is 1.27. The second-order valence-electron chi connectivity index (χ2n) is 3.50. The summed E-state index contributed by atoms with van der Waals surface area (Å²) >= 11 is 0. The molecule has 1 rings (SSSR count). The van der Waals surface area contributed by atoms with E-state index in [1.807, 2.05) is 6.92 Å². The standard InChI is InChI=1S/C11H18O5/c1-2-14-10-8-16-9(4-6-13)11(10)15-7-3-5-12/h3,9-11,13H,2,4,6-8H2,1H3. The van der Waals surface area contributed by atoms with Crippen molar-refractivity contribution in [1.82, 2.24) is 0 Å². The number of rotatable bonds is 7. The molecule has 3 unspecified atom stereocenters. The van der Waals surface area contributed by atoms with Crippen LogP contribution in [0.4, 0.5) is 0 Å². The van der Waals surface area contributed by atoms with Crippen molar-refractivity contribution in [3.8, 4) is 0 Å². The van der Waals surface area contributed by atoms with E-state index in [-0.39, 0.29) is 31.5 Å². The van der Waals surface area contributed by atoms with Gasteiger partial charge in [0.15, 0.2) is 0 Å². The maximum Gasteiger partial charge on any atom is 0.122 e. The van der Waals surface area contributed by atoms with Crippen LogP contribution in [0.3, 0.4) is 0 Å². The van der Waals surface area contributed by atoms with E-state index in [4.69, 9.17) is 19.3 Å². The zero-order valence-electron chi connectivity index (χ0n) is 9.43. The Morgan fingerprint density at radius 1 is 1.56 bits per heavy atom. The van der Waals surface area contributed by atoms with Crippen LogP contribution in [-0.2, 0) is 19.0 Å². The summed E-state index contributed by atoms with van der Waals surface area (Å²) in [5.74, 6) is 1.65. The summed E-state index contributed by atoms with van der Waals surface area (Å²) in [7, 11) is 0. The molecule has 5 nitrogen and oxygen atoms in total. The summed E-state index contributed by atoms with van der Waals surface area (Å²) in [6, 6.07) is 0. The first kappa shape index (κ1) is 13.4. The van der Waals surface area contributed by atoms with Crippen LogP contribution in [0.2, 0.25) is 0 Å². The van der Waals surface area contributed by atoms with Crippen molar-refractivity contribution in [2.45, 2.75) is 31.7 Å². The Kier molecular flexibility index (Phi) is 6.30. The van der Waals surface area contributed by atoms with E-state index >= 15 is 0 Å². The molecular weight excluding hydrogens is 212 g/mol. The highest BCUT2D eigenvalue weighted by Gasteiger charge is 2.38. The van der Waals surface area contributed by atoms with Gasteiger partial charge in [0.25, 0.3) is 0 Å². The molecule has 1 saturated heterocycles. The summed E-state index contributed by atoms with van der Waals surface area (Å²) in [5, 5.41) is 8.89. The summed E-state index contributed by atoms with van der Waals surface area (Å²) in [6.45, 7) is 3.20. The Morgan fingerprint density at radius 3 is 3.00 bits per heavy atom. The van der Waals surface area contributed by atoms with Gasteiger partial charge in [0.05, 0.1) is 19.3 Å². The van der Waals surface area contributed by atoms with Gasteiger partial charge < -0.3 is 19.3 Å². The fourth-order valence-corrected chi connectivity index (χ4v) is 1.79. The Hall–Kier alpha value is -0.710. The van der Waals surface area contributed by atoms with Gasteiger partial charge in [0.1, 0.15) is 18.1 Å². The molecular formula is C11H18O5. The first-order valence-electron chi connectivity index (χ1n) is 5.48. The summed E-state index contributed by atoms with van der Waals surface area (Å²) in [5.41, 5.74) is 0. The maximum absolute atomic E-state index is 10.0. The molecule has 92 valence electrons. The smallest absolute Gasteiger partial charge is 0.122 e. The quantitative estimate of drug-likeness (QED) is 0.621. The fourth-order valence-electron chi connectivity index (χ4n) is 1.79. The maximum atomic E-state index is 10.0. The molecule has 0 amide bonds. The monoisotopic (exact) mass is 230 g/mol. The normalized spacial score (nSPS) is 29.0. The predicted molar refractivity (Wildman–Crippen MR) is 56.9 cm³/mol. The first-order valence-corrected chi connectivity index (χ1v) is 5.48. The van der Waals surface area contributed by atoms with Crippen LogP contribution in [0, 0.1) is 0 Å². The minimum atomic E-state index is -0.225. The van der Waals surface area contributed by atoms with Gasteiger partial charge in [-0.1, -0.05) is 0 Å². The average Bonchev–Trinajstić information content (AvgIpc) is 2.64. The van der Waals surface area contributed by atoms with Gasteiger partial charge in [-0.05, 0) is 13.3 Å². The zero-order valence-corrected chi connectivity index (χ0v) is 9.43. The molecule has 1 fully saturated rings. The van der Waals surface area contributed by atoms with Crippen molar-refractivity contribution in [3.05, 3.63) is 6.08 Å².